The van der Waals surface area contributed by atoms with Crippen molar-refractivity contribution in [3.8, 4) is 11.5 Å². The maximum Gasteiger partial charge on any atom is 0.341 e. The van der Waals surface area contributed by atoms with E-state index in [-0.39, 0.29) is 16.8 Å². The number of hydrogen-bond donors (Lipinski definition) is 1. The van der Waals surface area contributed by atoms with E-state index in [9.17, 15) is 19.2 Å². The number of ether oxygens (including phenoxy) is 3. The number of esters is 1. The molecular formula is C20H23NO8S. The van der Waals surface area contributed by atoms with E-state index in [1.807, 2.05) is 6.92 Å². The van der Waals surface area contributed by atoms with Gasteiger partial charge in [0, 0.05) is 0 Å². The molecule has 1 N–H and O–H groups in total. The molecule has 0 spiro atoms. The third-order valence-electron chi connectivity index (χ3n) is 3.98. The number of nitrogens with zero attached hydrogens (tertiary/aromatic N) is 1. The van der Waals surface area contributed by atoms with E-state index in [1.54, 1.807) is 26.0 Å². The minimum atomic E-state index is -1.12. The van der Waals surface area contributed by atoms with Crippen molar-refractivity contribution in [2.45, 2.75) is 33.3 Å². The van der Waals surface area contributed by atoms with Crippen LogP contribution in [0.1, 0.15) is 32.8 Å². The summed E-state index contributed by atoms with van der Waals surface area (Å²) < 4.78 is 15.8. The Morgan fingerprint density at radius 3 is 2.57 bits per heavy atom. The van der Waals surface area contributed by atoms with E-state index in [2.05, 4.69) is 0 Å². The number of carboxylic acid groups (broad SMARTS) is 1. The van der Waals surface area contributed by atoms with Gasteiger partial charge >= 0.3 is 11.9 Å². The fourth-order valence-corrected chi connectivity index (χ4v) is 3.24. The minimum Gasteiger partial charge on any atom is -0.490 e. The lowest BCUT2D eigenvalue weighted by Crippen LogP contribution is -2.35. The van der Waals surface area contributed by atoms with Gasteiger partial charge in [-0.25, -0.2) is 4.79 Å². The van der Waals surface area contributed by atoms with Crippen LogP contribution in [0.25, 0.3) is 6.08 Å². The van der Waals surface area contributed by atoms with Gasteiger partial charge in [-0.15, -0.1) is 0 Å². The number of thioether (sulfide) groups is 1. The molecule has 0 saturated carbocycles. The first-order valence-electron chi connectivity index (χ1n) is 9.31. The molecule has 1 saturated heterocycles. The average Bonchev–Trinajstić information content (AvgIpc) is 2.94. The van der Waals surface area contributed by atoms with E-state index in [0.717, 1.165) is 16.7 Å². The summed E-state index contributed by atoms with van der Waals surface area (Å²) in [5.74, 6) is -1.80. The molecule has 2 amide bonds. The summed E-state index contributed by atoms with van der Waals surface area (Å²) in [5.41, 5.74) is 0.550. The number of hydrogen-bond acceptors (Lipinski definition) is 8. The summed E-state index contributed by atoms with van der Waals surface area (Å²) in [7, 11) is 0. The third-order valence-corrected chi connectivity index (χ3v) is 4.89. The number of aliphatic carboxylic acids is 1. The van der Waals surface area contributed by atoms with Gasteiger partial charge < -0.3 is 19.3 Å². The molecule has 0 radical (unpaired) electrons. The molecule has 162 valence electrons. The highest BCUT2D eigenvalue weighted by molar-refractivity contribution is 8.18. The predicted octanol–water partition coefficient (Wildman–Crippen LogP) is 2.93. The molecule has 2 rings (SSSR count). The van der Waals surface area contributed by atoms with Gasteiger partial charge in [-0.1, -0.05) is 13.0 Å². The Kier molecular flexibility index (Phi) is 8.28. The molecule has 1 heterocycles. The van der Waals surface area contributed by atoms with Crippen molar-refractivity contribution >= 4 is 40.9 Å². The van der Waals surface area contributed by atoms with Crippen molar-refractivity contribution in [1.82, 2.24) is 4.90 Å². The molecular weight excluding hydrogens is 414 g/mol. The zero-order chi connectivity index (χ0) is 22.3. The Morgan fingerprint density at radius 2 is 1.93 bits per heavy atom. The molecule has 0 unspecified atom stereocenters. The Morgan fingerprint density at radius 1 is 1.20 bits per heavy atom. The van der Waals surface area contributed by atoms with Crippen molar-refractivity contribution in [1.29, 1.82) is 0 Å². The van der Waals surface area contributed by atoms with E-state index in [0.29, 0.717) is 24.3 Å². The summed E-state index contributed by atoms with van der Waals surface area (Å²) >= 11 is 0.722. The van der Waals surface area contributed by atoms with Crippen LogP contribution in [0.4, 0.5) is 4.79 Å². The summed E-state index contributed by atoms with van der Waals surface area (Å²) in [6.45, 7) is 4.70. The molecule has 1 aromatic carbocycles. The SMILES string of the molecule is CCOc1cc(/C=C2/SC(=O)N(CC(=O)O[C@H](C)CC)C2=O)ccc1OCC(=O)O. The normalized spacial score (nSPS) is 16.0. The van der Waals surface area contributed by atoms with E-state index < -0.39 is 36.2 Å². The lowest BCUT2D eigenvalue weighted by molar-refractivity contribution is -0.150. The van der Waals surface area contributed by atoms with Crippen molar-refractivity contribution < 1.29 is 38.5 Å². The maximum absolute atomic E-state index is 12.6. The van der Waals surface area contributed by atoms with E-state index in [1.165, 1.54) is 12.1 Å². The van der Waals surface area contributed by atoms with Crippen molar-refractivity contribution in [2.24, 2.45) is 0 Å². The highest BCUT2D eigenvalue weighted by Crippen LogP contribution is 2.34. The fraction of sp³-hybridized carbons (Fsp3) is 0.400. The van der Waals surface area contributed by atoms with E-state index >= 15 is 0 Å². The zero-order valence-electron chi connectivity index (χ0n) is 16.9. The van der Waals surface area contributed by atoms with Gasteiger partial charge in [0.15, 0.2) is 18.1 Å². The molecule has 1 aromatic rings. The van der Waals surface area contributed by atoms with Crippen LogP contribution in [-0.4, -0.2) is 59.0 Å². The van der Waals surface area contributed by atoms with Crippen molar-refractivity contribution in [3.63, 3.8) is 0 Å². The number of amides is 2. The lowest BCUT2D eigenvalue weighted by Gasteiger charge is -2.14. The number of carboxylic acids is 1. The van der Waals surface area contributed by atoms with Crippen molar-refractivity contribution in [3.05, 3.63) is 28.7 Å². The minimum absolute atomic E-state index is 0.151. The molecule has 0 aromatic heterocycles. The number of imide groups is 1. The molecule has 9 nitrogen and oxygen atoms in total. The summed E-state index contributed by atoms with van der Waals surface area (Å²) in [4.78, 5) is 48.3. The smallest absolute Gasteiger partial charge is 0.341 e. The maximum atomic E-state index is 12.6. The van der Waals surface area contributed by atoms with Gasteiger partial charge in [-0.2, -0.15) is 0 Å². The first-order chi connectivity index (χ1) is 14.2. The van der Waals surface area contributed by atoms with Gasteiger partial charge in [0.25, 0.3) is 11.1 Å². The first kappa shape index (κ1) is 23.3. The van der Waals surface area contributed by atoms with Gasteiger partial charge in [-0.05, 0) is 55.8 Å². The van der Waals surface area contributed by atoms with Gasteiger partial charge in [0.1, 0.15) is 6.54 Å². The molecule has 1 atom stereocenters. The van der Waals surface area contributed by atoms with Crippen LogP contribution in [0, 0.1) is 0 Å². The molecule has 1 aliphatic heterocycles. The molecule has 10 heteroatoms. The topological polar surface area (TPSA) is 119 Å². The first-order valence-corrected chi connectivity index (χ1v) is 10.1. The molecule has 1 aliphatic rings. The largest absolute Gasteiger partial charge is 0.490 e. The fourth-order valence-electron chi connectivity index (χ4n) is 2.40. The highest BCUT2D eigenvalue weighted by Gasteiger charge is 2.36. The van der Waals surface area contributed by atoms with Crippen molar-refractivity contribution in [2.75, 3.05) is 19.8 Å². The summed E-state index contributed by atoms with van der Waals surface area (Å²) in [5, 5.41) is 8.20. The van der Waals surface area contributed by atoms with E-state index in [4.69, 9.17) is 19.3 Å². The lowest BCUT2D eigenvalue weighted by atomic mass is 10.2. The quantitative estimate of drug-likeness (QED) is 0.435. The zero-order valence-corrected chi connectivity index (χ0v) is 17.7. The molecule has 1 fully saturated rings. The molecule has 0 bridgehead atoms. The Bertz CT molecular complexity index is 866. The van der Waals surface area contributed by atoms with Crippen LogP contribution in [0.3, 0.4) is 0 Å². The van der Waals surface area contributed by atoms with Crippen LogP contribution in [0.15, 0.2) is 23.1 Å². The third kappa shape index (κ3) is 6.24. The number of rotatable bonds is 10. The predicted molar refractivity (Wildman–Crippen MR) is 109 cm³/mol. The molecule has 0 aliphatic carbocycles. The second-order valence-corrected chi connectivity index (χ2v) is 7.29. The average molecular weight is 437 g/mol. The van der Waals surface area contributed by atoms with Crippen LogP contribution >= 0.6 is 11.8 Å². The number of carbonyl (C=O) groups excluding carboxylic acids is 3. The molecule has 30 heavy (non-hydrogen) atoms. The number of benzene rings is 1. The number of carbonyl (C=O) groups is 4. The van der Waals surface area contributed by atoms with Gasteiger partial charge in [0.2, 0.25) is 0 Å². The second kappa shape index (κ2) is 10.7. The monoisotopic (exact) mass is 437 g/mol. The van der Waals surface area contributed by atoms with Crippen LogP contribution < -0.4 is 9.47 Å². The van der Waals surface area contributed by atoms with Crippen LogP contribution in [0.5, 0.6) is 11.5 Å². The second-order valence-electron chi connectivity index (χ2n) is 6.30. The van der Waals surface area contributed by atoms with Gasteiger partial charge in [0.05, 0.1) is 17.6 Å². The van der Waals surface area contributed by atoms with Crippen LogP contribution in [0.2, 0.25) is 0 Å². The Labute approximate surface area is 178 Å². The Balaban J connectivity index is 2.16. The standard InChI is InChI=1S/C20H23NO8S/c1-4-12(3)29-18(24)10-21-19(25)16(30-20(21)26)9-13-6-7-14(28-11-17(22)23)15(8-13)27-5-2/h6-9,12H,4-5,10-11H2,1-3H3,(H,22,23)/b16-9+/t12-/m1/s1. The van der Waals surface area contributed by atoms with Crippen LogP contribution in [-0.2, 0) is 19.1 Å². The van der Waals surface area contributed by atoms with Gasteiger partial charge in [-0.3, -0.25) is 19.3 Å². The highest BCUT2D eigenvalue weighted by atomic mass is 32.2. The Hall–Kier alpha value is -3.01. The summed E-state index contributed by atoms with van der Waals surface area (Å²) in [6.07, 6.45) is 1.82. The summed E-state index contributed by atoms with van der Waals surface area (Å²) in [6, 6.07) is 4.70.